The van der Waals surface area contributed by atoms with Gasteiger partial charge in [-0.05, 0) is 24.3 Å². The van der Waals surface area contributed by atoms with Crippen LogP contribution in [0, 0.1) is 5.92 Å². The molecule has 3 heterocycles. The smallest absolute Gasteiger partial charge is 0.322 e. The number of imide groups is 1. The van der Waals surface area contributed by atoms with Crippen molar-refractivity contribution in [2.75, 3.05) is 11.9 Å². The number of carbonyl (C=O) groups excluding carboxylic acids is 2. The molecule has 2 aliphatic rings. The van der Waals surface area contributed by atoms with E-state index in [0.717, 1.165) is 41.1 Å². The number of hydrogen-bond acceptors (Lipinski definition) is 6. The highest BCUT2D eigenvalue weighted by Crippen LogP contribution is 2.38. The fourth-order valence-corrected chi connectivity index (χ4v) is 4.52. The monoisotopic (exact) mass is 345 g/mol. The number of nitrogens with zero attached hydrogens (tertiary/aromatic N) is 2. The van der Waals surface area contributed by atoms with Crippen LogP contribution < -0.4 is 16.0 Å². The topological polar surface area (TPSA) is 96.0 Å². The number of rotatable bonds is 4. The van der Waals surface area contributed by atoms with Crippen LogP contribution in [0.3, 0.4) is 0 Å². The number of nitrogens with one attached hydrogen (secondary N) is 3. The Hall–Kier alpha value is -2.22. The van der Waals surface area contributed by atoms with Crippen molar-refractivity contribution >= 4 is 39.3 Å². The van der Waals surface area contributed by atoms with Gasteiger partial charge in [0.2, 0.25) is 0 Å². The van der Waals surface area contributed by atoms with Gasteiger partial charge in [-0.1, -0.05) is 13.3 Å². The summed E-state index contributed by atoms with van der Waals surface area (Å²) in [4.78, 5) is 33.9. The molecule has 1 aliphatic heterocycles. The minimum absolute atomic E-state index is 0.0534. The minimum Gasteiger partial charge on any atom is -0.369 e. The Balaban J connectivity index is 1.58. The first-order valence-corrected chi connectivity index (χ1v) is 9.12. The summed E-state index contributed by atoms with van der Waals surface area (Å²) in [5.41, 5.74) is -0.765. The predicted octanol–water partition coefficient (Wildman–Crippen LogP) is 2.04. The fourth-order valence-electron chi connectivity index (χ4n) is 3.74. The van der Waals surface area contributed by atoms with Crippen LogP contribution in [-0.4, -0.2) is 34.0 Å². The lowest BCUT2D eigenvalue weighted by Crippen LogP contribution is -2.51. The third-order valence-electron chi connectivity index (χ3n) is 4.99. The summed E-state index contributed by atoms with van der Waals surface area (Å²) in [6, 6.07) is 1.62. The van der Waals surface area contributed by atoms with Gasteiger partial charge in [-0.3, -0.25) is 10.1 Å². The molecule has 3 amide bonds. The standard InChI is InChI=1S/C16H19N5O2S/c1-2-11-18-12(10-5-7-24-13(10)19-11)17-8-9-4-3-6-16(9)14(22)20-15(23)21-16/h5,7,9H,2-4,6,8H2,1H3,(H,17,18,19)(H2,20,21,22,23). The van der Waals surface area contributed by atoms with Crippen LogP contribution >= 0.6 is 11.3 Å². The highest BCUT2D eigenvalue weighted by Gasteiger charge is 2.54. The van der Waals surface area contributed by atoms with E-state index in [4.69, 9.17) is 0 Å². The molecule has 0 aromatic carbocycles. The Bertz CT molecular complexity index is 820. The number of aromatic nitrogens is 2. The van der Waals surface area contributed by atoms with Crippen LogP contribution in [0.1, 0.15) is 32.0 Å². The lowest BCUT2D eigenvalue weighted by molar-refractivity contribution is -0.125. The third-order valence-corrected chi connectivity index (χ3v) is 5.80. The van der Waals surface area contributed by atoms with Crippen LogP contribution in [0.2, 0.25) is 0 Å². The lowest BCUT2D eigenvalue weighted by atomic mass is 9.87. The molecule has 7 nitrogen and oxygen atoms in total. The SMILES string of the molecule is CCc1nc(NCC2CCCC23NC(=O)NC3=O)c2ccsc2n1. The molecule has 4 rings (SSSR count). The number of fused-ring (bicyclic) bond motifs is 1. The Kier molecular flexibility index (Phi) is 3.64. The molecule has 0 radical (unpaired) electrons. The molecular formula is C16H19N5O2S. The van der Waals surface area contributed by atoms with Crippen LogP contribution in [0.15, 0.2) is 11.4 Å². The second kappa shape index (κ2) is 5.70. The Morgan fingerprint density at radius 2 is 2.29 bits per heavy atom. The normalized spacial score (nSPS) is 26.1. The van der Waals surface area contributed by atoms with Crippen molar-refractivity contribution < 1.29 is 9.59 Å². The summed E-state index contributed by atoms with van der Waals surface area (Å²) >= 11 is 1.60. The van der Waals surface area contributed by atoms with Crippen molar-refractivity contribution in [3.05, 3.63) is 17.3 Å². The zero-order valence-corrected chi connectivity index (χ0v) is 14.2. The van der Waals surface area contributed by atoms with E-state index < -0.39 is 5.54 Å². The second-order valence-corrected chi connectivity index (χ2v) is 7.23. The quantitative estimate of drug-likeness (QED) is 0.737. The largest absolute Gasteiger partial charge is 0.369 e. The van der Waals surface area contributed by atoms with Crippen molar-refractivity contribution in [2.24, 2.45) is 5.92 Å². The summed E-state index contributed by atoms with van der Waals surface area (Å²) in [7, 11) is 0. The maximum Gasteiger partial charge on any atom is 0.322 e. The van der Waals surface area contributed by atoms with Gasteiger partial charge in [-0.25, -0.2) is 14.8 Å². The molecule has 1 aliphatic carbocycles. The van der Waals surface area contributed by atoms with E-state index in [1.54, 1.807) is 11.3 Å². The highest BCUT2D eigenvalue weighted by molar-refractivity contribution is 7.16. The first-order valence-electron chi connectivity index (χ1n) is 8.24. The molecule has 8 heteroatoms. The number of hydrogen-bond donors (Lipinski definition) is 3. The first kappa shape index (κ1) is 15.3. The molecule has 126 valence electrons. The Labute approximate surface area is 143 Å². The summed E-state index contributed by atoms with van der Waals surface area (Å²) in [6.07, 6.45) is 3.29. The van der Waals surface area contributed by atoms with Crippen molar-refractivity contribution in [3.8, 4) is 0 Å². The third kappa shape index (κ3) is 2.32. The van der Waals surface area contributed by atoms with Gasteiger partial charge in [0, 0.05) is 18.9 Å². The Morgan fingerprint density at radius 1 is 1.42 bits per heavy atom. The van der Waals surface area contributed by atoms with Crippen LogP contribution in [0.5, 0.6) is 0 Å². The van der Waals surface area contributed by atoms with Crippen molar-refractivity contribution in [3.63, 3.8) is 0 Å². The van der Waals surface area contributed by atoms with Gasteiger partial charge in [-0.2, -0.15) is 0 Å². The van der Waals surface area contributed by atoms with E-state index in [-0.39, 0.29) is 17.9 Å². The number of thiophene rings is 1. The zero-order valence-electron chi connectivity index (χ0n) is 13.4. The zero-order chi connectivity index (χ0) is 16.7. The molecular weight excluding hydrogens is 326 g/mol. The number of anilines is 1. The summed E-state index contributed by atoms with van der Waals surface area (Å²) in [5, 5.41) is 11.6. The Morgan fingerprint density at radius 3 is 3.04 bits per heavy atom. The summed E-state index contributed by atoms with van der Waals surface area (Å²) < 4.78 is 0. The van der Waals surface area contributed by atoms with Crippen LogP contribution in [0.4, 0.5) is 10.6 Å². The van der Waals surface area contributed by atoms with Gasteiger partial charge in [0.1, 0.15) is 22.0 Å². The molecule has 1 saturated heterocycles. The second-order valence-electron chi connectivity index (χ2n) is 6.33. The molecule has 2 atom stereocenters. The van der Waals surface area contributed by atoms with Gasteiger partial charge in [-0.15, -0.1) is 11.3 Å². The molecule has 2 aromatic rings. The molecule has 1 saturated carbocycles. The molecule has 0 bridgehead atoms. The fraction of sp³-hybridized carbons (Fsp3) is 0.500. The molecule has 1 spiro atoms. The minimum atomic E-state index is -0.765. The summed E-state index contributed by atoms with van der Waals surface area (Å²) in [6.45, 7) is 2.63. The maximum absolute atomic E-state index is 12.3. The van der Waals surface area contributed by atoms with E-state index in [2.05, 4.69) is 25.9 Å². The number of carbonyl (C=O) groups is 2. The van der Waals surface area contributed by atoms with Crippen LogP contribution in [-0.2, 0) is 11.2 Å². The molecule has 24 heavy (non-hydrogen) atoms. The van der Waals surface area contributed by atoms with Crippen LogP contribution in [0.25, 0.3) is 10.2 Å². The van der Waals surface area contributed by atoms with Crippen molar-refractivity contribution in [2.45, 2.75) is 38.1 Å². The highest BCUT2D eigenvalue weighted by atomic mass is 32.1. The van der Waals surface area contributed by atoms with Gasteiger partial charge in [0.05, 0.1) is 5.39 Å². The molecule has 2 aromatic heterocycles. The van der Waals surface area contributed by atoms with Gasteiger partial charge < -0.3 is 10.6 Å². The van der Waals surface area contributed by atoms with E-state index in [9.17, 15) is 9.59 Å². The number of urea groups is 1. The molecule has 2 fully saturated rings. The number of aryl methyl sites for hydroxylation is 1. The average Bonchev–Trinajstić information content (AvgIpc) is 3.25. The van der Waals surface area contributed by atoms with E-state index in [0.29, 0.717) is 13.0 Å². The van der Waals surface area contributed by atoms with Gasteiger partial charge in [0.25, 0.3) is 5.91 Å². The predicted molar refractivity (Wildman–Crippen MR) is 92.0 cm³/mol. The van der Waals surface area contributed by atoms with Crippen molar-refractivity contribution in [1.29, 1.82) is 0 Å². The maximum atomic E-state index is 12.3. The molecule has 3 N–H and O–H groups in total. The lowest BCUT2D eigenvalue weighted by Gasteiger charge is -2.28. The van der Waals surface area contributed by atoms with Gasteiger partial charge >= 0.3 is 6.03 Å². The van der Waals surface area contributed by atoms with Crippen molar-refractivity contribution in [1.82, 2.24) is 20.6 Å². The summed E-state index contributed by atoms with van der Waals surface area (Å²) in [5.74, 6) is 1.47. The average molecular weight is 345 g/mol. The first-order chi connectivity index (χ1) is 11.6. The molecule has 2 unspecified atom stereocenters. The number of amides is 3. The van der Waals surface area contributed by atoms with E-state index in [1.165, 1.54) is 0 Å². The van der Waals surface area contributed by atoms with E-state index >= 15 is 0 Å². The van der Waals surface area contributed by atoms with E-state index in [1.807, 2.05) is 18.4 Å². The van der Waals surface area contributed by atoms with Gasteiger partial charge in [0.15, 0.2) is 0 Å².